The lowest BCUT2D eigenvalue weighted by Crippen LogP contribution is -2.41. The van der Waals surface area contributed by atoms with Gasteiger partial charge >= 0.3 is 5.76 Å². The Labute approximate surface area is 140 Å². The number of ether oxygens (including phenoxy) is 1. The molecule has 1 aromatic heterocycles. The number of benzene rings is 1. The Morgan fingerprint density at radius 1 is 1.38 bits per heavy atom. The van der Waals surface area contributed by atoms with Crippen molar-refractivity contribution >= 4 is 21.1 Å². The Bertz CT molecular complexity index is 883. The average Bonchev–Trinajstić information content (AvgIpc) is 2.87. The van der Waals surface area contributed by atoms with Crippen molar-refractivity contribution in [3.63, 3.8) is 0 Å². The molecular weight excluding hydrogens is 332 g/mol. The van der Waals surface area contributed by atoms with Crippen molar-refractivity contribution in [1.82, 2.24) is 8.87 Å². The van der Waals surface area contributed by atoms with E-state index in [0.717, 1.165) is 12.8 Å². The van der Waals surface area contributed by atoms with Crippen LogP contribution in [-0.4, -0.2) is 43.6 Å². The number of oxazole rings is 1. The average molecular weight is 354 g/mol. The molecule has 1 aliphatic rings. The van der Waals surface area contributed by atoms with Gasteiger partial charge < -0.3 is 9.15 Å². The third-order valence-electron chi connectivity index (χ3n) is 4.44. The molecule has 7 nitrogen and oxygen atoms in total. The molecule has 1 saturated heterocycles. The van der Waals surface area contributed by atoms with Crippen molar-refractivity contribution in [2.45, 2.75) is 24.7 Å². The van der Waals surface area contributed by atoms with E-state index in [1.807, 2.05) is 6.92 Å². The number of piperidine rings is 1. The van der Waals surface area contributed by atoms with E-state index in [2.05, 4.69) is 0 Å². The Morgan fingerprint density at radius 2 is 2.17 bits per heavy atom. The molecule has 2 heterocycles. The molecule has 1 fully saturated rings. The molecule has 0 amide bonds. The molecule has 132 valence electrons. The predicted molar refractivity (Wildman–Crippen MR) is 89.4 cm³/mol. The van der Waals surface area contributed by atoms with Crippen LogP contribution in [0.15, 0.2) is 32.3 Å². The molecule has 1 atom stereocenters. The van der Waals surface area contributed by atoms with Crippen LogP contribution in [0, 0.1) is 5.92 Å². The Kier molecular flexibility index (Phi) is 4.80. The number of aryl methyl sites for hydroxylation is 1. The Hall–Kier alpha value is -1.64. The molecule has 24 heavy (non-hydrogen) atoms. The van der Waals surface area contributed by atoms with E-state index in [0.29, 0.717) is 31.8 Å². The lowest BCUT2D eigenvalue weighted by Gasteiger charge is -2.31. The molecule has 1 aliphatic heterocycles. The van der Waals surface area contributed by atoms with Gasteiger partial charge in [-0.1, -0.05) is 0 Å². The fourth-order valence-electron chi connectivity index (χ4n) is 3.09. The highest BCUT2D eigenvalue weighted by Gasteiger charge is 2.30. The number of nitrogens with zero attached hydrogens (tertiary/aromatic N) is 2. The summed E-state index contributed by atoms with van der Waals surface area (Å²) in [5, 5.41) is 0. The maximum atomic E-state index is 12.9. The maximum Gasteiger partial charge on any atom is 0.419 e. The summed E-state index contributed by atoms with van der Waals surface area (Å²) in [6.07, 6.45) is 1.79. The number of hydrogen-bond acceptors (Lipinski definition) is 5. The molecule has 0 spiro atoms. The summed E-state index contributed by atoms with van der Waals surface area (Å²) >= 11 is 0. The molecular formula is C16H22N2O5S. The van der Waals surface area contributed by atoms with E-state index in [9.17, 15) is 13.2 Å². The first kappa shape index (κ1) is 17.2. The van der Waals surface area contributed by atoms with Gasteiger partial charge in [-0.05, 0) is 37.8 Å². The van der Waals surface area contributed by atoms with Gasteiger partial charge in [-0.2, -0.15) is 4.31 Å². The first-order chi connectivity index (χ1) is 11.4. The van der Waals surface area contributed by atoms with Gasteiger partial charge in [0.2, 0.25) is 10.0 Å². The predicted octanol–water partition coefficient (Wildman–Crippen LogP) is 1.57. The van der Waals surface area contributed by atoms with Gasteiger partial charge in [0.25, 0.3) is 0 Å². The van der Waals surface area contributed by atoms with Crippen LogP contribution in [0.5, 0.6) is 0 Å². The van der Waals surface area contributed by atoms with Gasteiger partial charge in [-0.15, -0.1) is 0 Å². The molecule has 8 heteroatoms. The molecule has 1 unspecified atom stereocenters. The number of rotatable bonds is 5. The monoisotopic (exact) mass is 354 g/mol. The molecule has 0 N–H and O–H groups in total. The zero-order valence-electron chi connectivity index (χ0n) is 13.9. The quantitative estimate of drug-likeness (QED) is 0.814. The fourth-order valence-corrected chi connectivity index (χ4v) is 4.66. The number of fused-ring (bicyclic) bond motifs is 1. The molecule has 3 rings (SSSR count). The third-order valence-corrected chi connectivity index (χ3v) is 6.30. The van der Waals surface area contributed by atoms with Crippen LogP contribution in [0.1, 0.15) is 19.8 Å². The molecule has 0 bridgehead atoms. The van der Waals surface area contributed by atoms with Crippen LogP contribution < -0.4 is 5.76 Å². The van der Waals surface area contributed by atoms with E-state index in [4.69, 9.17) is 9.15 Å². The van der Waals surface area contributed by atoms with Gasteiger partial charge in [0.1, 0.15) is 0 Å². The largest absolute Gasteiger partial charge is 0.419 e. The summed E-state index contributed by atoms with van der Waals surface area (Å²) < 4.78 is 39.2. The fraction of sp³-hybridized carbons (Fsp3) is 0.562. The normalized spacial score (nSPS) is 19.8. The number of hydrogen-bond donors (Lipinski definition) is 0. The maximum absolute atomic E-state index is 12.9. The van der Waals surface area contributed by atoms with Gasteiger partial charge in [-0.3, -0.25) is 4.57 Å². The zero-order valence-corrected chi connectivity index (χ0v) is 14.7. The van der Waals surface area contributed by atoms with Crippen molar-refractivity contribution in [1.29, 1.82) is 0 Å². The number of sulfonamides is 1. The minimum absolute atomic E-state index is 0.154. The highest BCUT2D eigenvalue weighted by atomic mass is 32.2. The van der Waals surface area contributed by atoms with E-state index in [1.165, 1.54) is 21.0 Å². The second kappa shape index (κ2) is 6.70. The minimum Gasteiger partial charge on any atom is -0.408 e. The Balaban J connectivity index is 1.88. The van der Waals surface area contributed by atoms with Crippen LogP contribution >= 0.6 is 0 Å². The van der Waals surface area contributed by atoms with Gasteiger partial charge in [0.15, 0.2) is 5.58 Å². The van der Waals surface area contributed by atoms with Crippen molar-refractivity contribution in [3.05, 3.63) is 28.7 Å². The van der Waals surface area contributed by atoms with Crippen molar-refractivity contribution in [2.75, 3.05) is 26.3 Å². The lowest BCUT2D eigenvalue weighted by molar-refractivity contribution is 0.0864. The van der Waals surface area contributed by atoms with Crippen LogP contribution in [0.25, 0.3) is 11.1 Å². The first-order valence-corrected chi connectivity index (χ1v) is 9.55. The smallest absolute Gasteiger partial charge is 0.408 e. The summed E-state index contributed by atoms with van der Waals surface area (Å²) in [6.45, 7) is 4.10. The minimum atomic E-state index is -3.61. The van der Waals surface area contributed by atoms with Crippen LogP contribution in [0.3, 0.4) is 0 Å². The van der Waals surface area contributed by atoms with E-state index in [1.54, 1.807) is 13.1 Å². The summed E-state index contributed by atoms with van der Waals surface area (Å²) in [7, 11) is -2.02. The summed E-state index contributed by atoms with van der Waals surface area (Å²) in [6, 6.07) is 4.56. The summed E-state index contributed by atoms with van der Waals surface area (Å²) in [4.78, 5) is 11.7. The van der Waals surface area contributed by atoms with Crippen LogP contribution in [0.2, 0.25) is 0 Å². The SMILES string of the molecule is CCOCC1CCCN(S(=O)(=O)c2ccc3c(c2)oc(=O)n3C)C1. The summed E-state index contributed by atoms with van der Waals surface area (Å²) in [5.41, 5.74) is 0.860. The third kappa shape index (κ3) is 3.13. The van der Waals surface area contributed by atoms with Crippen molar-refractivity contribution < 1.29 is 17.6 Å². The molecule has 0 aliphatic carbocycles. The zero-order chi connectivity index (χ0) is 17.3. The molecule has 1 aromatic carbocycles. The first-order valence-electron chi connectivity index (χ1n) is 8.11. The highest BCUT2D eigenvalue weighted by molar-refractivity contribution is 7.89. The lowest BCUT2D eigenvalue weighted by atomic mass is 10.0. The standard InChI is InChI=1S/C16H22N2O5S/c1-3-22-11-12-5-4-8-18(10-12)24(20,21)13-6-7-14-15(9-13)23-16(19)17(14)2/h6-7,9,12H,3-5,8,10-11H2,1-2H3. The van der Waals surface area contributed by atoms with Crippen molar-refractivity contribution in [3.8, 4) is 0 Å². The van der Waals surface area contributed by atoms with Gasteiger partial charge in [-0.25, -0.2) is 13.2 Å². The topological polar surface area (TPSA) is 81.8 Å². The van der Waals surface area contributed by atoms with E-state index < -0.39 is 15.8 Å². The second-order valence-electron chi connectivity index (χ2n) is 6.09. The van der Waals surface area contributed by atoms with E-state index in [-0.39, 0.29) is 16.4 Å². The molecule has 0 saturated carbocycles. The van der Waals surface area contributed by atoms with Gasteiger partial charge in [0.05, 0.1) is 17.0 Å². The molecule has 0 radical (unpaired) electrons. The van der Waals surface area contributed by atoms with Crippen LogP contribution in [0.4, 0.5) is 0 Å². The second-order valence-corrected chi connectivity index (χ2v) is 8.03. The van der Waals surface area contributed by atoms with E-state index >= 15 is 0 Å². The highest BCUT2D eigenvalue weighted by Crippen LogP contribution is 2.26. The molecule has 2 aromatic rings. The summed E-state index contributed by atoms with van der Waals surface area (Å²) in [5.74, 6) is -0.291. The Morgan fingerprint density at radius 3 is 2.92 bits per heavy atom. The van der Waals surface area contributed by atoms with Crippen molar-refractivity contribution in [2.24, 2.45) is 13.0 Å². The van der Waals surface area contributed by atoms with Gasteiger partial charge in [0, 0.05) is 32.8 Å². The number of aromatic nitrogens is 1. The van der Waals surface area contributed by atoms with Crippen LogP contribution in [-0.2, 0) is 21.8 Å².